The molecule has 0 aliphatic carbocycles. The van der Waals surface area contributed by atoms with Crippen LogP contribution in [0, 0.1) is 3.57 Å². The Morgan fingerprint density at radius 1 is 1.15 bits per heavy atom. The molecule has 0 bridgehead atoms. The minimum Gasteiger partial charge on any atom is -0.480 e. The Bertz CT molecular complexity index is 600. The Kier molecular flexibility index (Phi) is 4.44. The first-order valence-corrected chi connectivity index (χ1v) is 7.01. The third-order valence-corrected chi connectivity index (χ3v) is 3.71. The first-order valence-electron chi connectivity index (χ1n) is 5.93. The summed E-state index contributed by atoms with van der Waals surface area (Å²) in [5.74, 6) is 0.580. The summed E-state index contributed by atoms with van der Waals surface area (Å²) in [4.78, 5) is 8.38. The van der Waals surface area contributed by atoms with E-state index in [2.05, 4.69) is 32.6 Å². The number of halogens is 1. The molecular formula is C14H15IN2O3. The van der Waals surface area contributed by atoms with Crippen LogP contribution in [0.25, 0.3) is 0 Å². The molecule has 1 heterocycles. The molecule has 5 nitrogen and oxygen atoms in total. The number of ether oxygens (including phenoxy) is 2. The van der Waals surface area contributed by atoms with Crippen molar-refractivity contribution < 1.29 is 14.6 Å². The van der Waals surface area contributed by atoms with Gasteiger partial charge >= 0.3 is 0 Å². The fraction of sp³-hybridized carbons (Fsp3) is 0.286. The van der Waals surface area contributed by atoms with Crippen molar-refractivity contribution in [3.05, 3.63) is 45.3 Å². The van der Waals surface area contributed by atoms with Crippen molar-refractivity contribution in [2.75, 3.05) is 14.2 Å². The van der Waals surface area contributed by atoms with E-state index in [0.717, 1.165) is 9.13 Å². The lowest BCUT2D eigenvalue weighted by molar-refractivity contribution is 0.0926. The summed E-state index contributed by atoms with van der Waals surface area (Å²) >= 11 is 2.21. The SMILES string of the molecule is COc1cnc(C(C)(O)c2ccc(I)cc2)c(OC)n1. The number of nitrogens with zero attached hydrogens (tertiary/aromatic N) is 2. The zero-order chi connectivity index (χ0) is 14.8. The first kappa shape index (κ1) is 15.0. The Balaban J connectivity index is 2.50. The molecule has 0 saturated heterocycles. The van der Waals surface area contributed by atoms with Crippen molar-refractivity contribution in [2.24, 2.45) is 0 Å². The third kappa shape index (κ3) is 2.85. The van der Waals surface area contributed by atoms with E-state index in [0.29, 0.717) is 11.6 Å². The molecule has 2 rings (SSSR count). The molecule has 106 valence electrons. The molecule has 0 radical (unpaired) electrons. The molecule has 1 atom stereocenters. The molecule has 2 aromatic rings. The molecule has 0 saturated carbocycles. The topological polar surface area (TPSA) is 64.5 Å². The Morgan fingerprint density at radius 2 is 1.80 bits per heavy atom. The van der Waals surface area contributed by atoms with Crippen molar-refractivity contribution >= 4 is 22.6 Å². The van der Waals surface area contributed by atoms with Crippen molar-refractivity contribution in [2.45, 2.75) is 12.5 Å². The van der Waals surface area contributed by atoms with Gasteiger partial charge in [-0.05, 0) is 47.2 Å². The van der Waals surface area contributed by atoms with Gasteiger partial charge in [-0.25, -0.2) is 4.98 Å². The summed E-state index contributed by atoms with van der Waals surface area (Å²) in [5.41, 5.74) is -0.229. The standard InChI is InChI=1S/C14H15IN2O3/c1-14(18,9-4-6-10(15)7-5-9)12-13(20-3)17-11(19-2)8-16-12/h4-8,18H,1-3H3. The molecule has 0 spiro atoms. The van der Waals surface area contributed by atoms with Crippen LogP contribution in [0.1, 0.15) is 18.2 Å². The Morgan fingerprint density at radius 3 is 2.35 bits per heavy atom. The summed E-state index contributed by atoms with van der Waals surface area (Å²) in [6, 6.07) is 7.56. The van der Waals surface area contributed by atoms with Gasteiger partial charge < -0.3 is 14.6 Å². The molecule has 1 N–H and O–H groups in total. The summed E-state index contributed by atoms with van der Waals surface area (Å²) in [6.07, 6.45) is 1.46. The Labute approximate surface area is 131 Å². The number of aliphatic hydroxyl groups is 1. The van der Waals surface area contributed by atoms with Gasteiger partial charge in [0.05, 0.1) is 20.4 Å². The molecule has 6 heteroatoms. The van der Waals surface area contributed by atoms with E-state index in [-0.39, 0.29) is 5.88 Å². The maximum Gasteiger partial charge on any atom is 0.242 e. The van der Waals surface area contributed by atoms with E-state index in [1.807, 2.05) is 24.3 Å². The highest BCUT2D eigenvalue weighted by Gasteiger charge is 2.32. The molecule has 0 amide bonds. The Hall–Kier alpha value is -1.41. The van der Waals surface area contributed by atoms with E-state index in [4.69, 9.17) is 9.47 Å². The van der Waals surface area contributed by atoms with Gasteiger partial charge in [0.1, 0.15) is 11.3 Å². The molecule has 0 aliphatic heterocycles. The lowest BCUT2D eigenvalue weighted by Gasteiger charge is -2.24. The van der Waals surface area contributed by atoms with Crippen molar-refractivity contribution in [1.29, 1.82) is 0 Å². The lowest BCUT2D eigenvalue weighted by Crippen LogP contribution is -2.25. The van der Waals surface area contributed by atoms with Gasteiger partial charge in [-0.1, -0.05) is 12.1 Å². The normalized spacial score (nSPS) is 13.7. The number of rotatable bonds is 4. The number of aromatic nitrogens is 2. The van der Waals surface area contributed by atoms with E-state index < -0.39 is 5.60 Å². The van der Waals surface area contributed by atoms with Gasteiger partial charge in [0.2, 0.25) is 11.8 Å². The first-order chi connectivity index (χ1) is 9.48. The van der Waals surface area contributed by atoms with Crippen molar-refractivity contribution in [1.82, 2.24) is 9.97 Å². The monoisotopic (exact) mass is 386 g/mol. The number of methoxy groups -OCH3 is 2. The average molecular weight is 386 g/mol. The van der Waals surface area contributed by atoms with Crippen molar-refractivity contribution in [3.63, 3.8) is 0 Å². The van der Waals surface area contributed by atoms with E-state index in [9.17, 15) is 5.11 Å². The molecule has 1 aromatic carbocycles. The minimum atomic E-state index is -1.30. The molecular weight excluding hydrogens is 371 g/mol. The predicted molar refractivity (Wildman–Crippen MR) is 83.0 cm³/mol. The number of benzene rings is 1. The van der Waals surface area contributed by atoms with Gasteiger partial charge in [0, 0.05) is 3.57 Å². The predicted octanol–water partition coefficient (Wildman–Crippen LogP) is 2.35. The highest BCUT2D eigenvalue weighted by molar-refractivity contribution is 14.1. The quantitative estimate of drug-likeness (QED) is 0.818. The second-order valence-corrected chi connectivity index (χ2v) is 5.59. The fourth-order valence-corrected chi connectivity index (χ4v) is 2.20. The highest BCUT2D eigenvalue weighted by atomic mass is 127. The molecule has 0 aliphatic rings. The van der Waals surface area contributed by atoms with E-state index >= 15 is 0 Å². The second-order valence-electron chi connectivity index (χ2n) is 4.35. The number of hydrogen-bond acceptors (Lipinski definition) is 5. The van der Waals surface area contributed by atoms with Crippen LogP contribution in [0.4, 0.5) is 0 Å². The second kappa shape index (κ2) is 5.92. The van der Waals surface area contributed by atoms with Crippen LogP contribution in [-0.2, 0) is 5.60 Å². The van der Waals surface area contributed by atoms with Gasteiger partial charge in [0.15, 0.2) is 0 Å². The summed E-state index contributed by atoms with van der Waals surface area (Å²) in [6.45, 7) is 1.66. The fourth-order valence-electron chi connectivity index (χ4n) is 1.84. The number of hydrogen-bond donors (Lipinski definition) is 1. The van der Waals surface area contributed by atoms with Crippen LogP contribution in [-0.4, -0.2) is 29.3 Å². The average Bonchev–Trinajstić information content (AvgIpc) is 2.46. The molecule has 0 fully saturated rings. The summed E-state index contributed by atoms with van der Waals surface area (Å²) in [7, 11) is 2.98. The van der Waals surface area contributed by atoms with E-state index in [1.54, 1.807) is 6.92 Å². The molecule has 1 unspecified atom stereocenters. The van der Waals surface area contributed by atoms with Gasteiger partial charge in [0.25, 0.3) is 0 Å². The zero-order valence-corrected chi connectivity index (χ0v) is 13.6. The third-order valence-electron chi connectivity index (χ3n) is 2.99. The smallest absolute Gasteiger partial charge is 0.242 e. The van der Waals surface area contributed by atoms with Crippen LogP contribution in [0.2, 0.25) is 0 Å². The highest BCUT2D eigenvalue weighted by Crippen LogP contribution is 2.33. The largest absolute Gasteiger partial charge is 0.480 e. The molecule has 1 aromatic heterocycles. The van der Waals surface area contributed by atoms with Crippen molar-refractivity contribution in [3.8, 4) is 11.8 Å². The van der Waals surface area contributed by atoms with E-state index in [1.165, 1.54) is 20.4 Å². The van der Waals surface area contributed by atoms with Crippen LogP contribution < -0.4 is 9.47 Å². The minimum absolute atomic E-state index is 0.243. The lowest BCUT2D eigenvalue weighted by atomic mass is 9.92. The van der Waals surface area contributed by atoms with Crippen LogP contribution in [0.3, 0.4) is 0 Å². The van der Waals surface area contributed by atoms with Crippen LogP contribution in [0.15, 0.2) is 30.5 Å². The maximum atomic E-state index is 10.8. The van der Waals surface area contributed by atoms with Crippen LogP contribution >= 0.6 is 22.6 Å². The summed E-state index contributed by atoms with van der Waals surface area (Å²) < 4.78 is 11.3. The van der Waals surface area contributed by atoms with Gasteiger partial charge in [-0.15, -0.1) is 0 Å². The molecule has 20 heavy (non-hydrogen) atoms. The van der Waals surface area contributed by atoms with Gasteiger partial charge in [-0.2, -0.15) is 4.98 Å². The zero-order valence-electron chi connectivity index (χ0n) is 11.4. The maximum absolute atomic E-state index is 10.8. The summed E-state index contributed by atoms with van der Waals surface area (Å²) in [5, 5.41) is 10.8. The van der Waals surface area contributed by atoms with Crippen LogP contribution in [0.5, 0.6) is 11.8 Å². The van der Waals surface area contributed by atoms with Gasteiger partial charge in [-0.3, -0.25) is 0 Å².